The molecule has 0 aliphatic carbocycles. The van der Waals surface area contributed by atoms with Gasteiger partial charge in [0.25, 0.3) is 5.91 Å². The van der Waals surface area contributed by atoms with Crippen molar-refractivity contribution in [2.24, 2.45) is 0 Å². The number of hydrogen-bond acceptors (Lipinski definition) is 2. The third-order valence-electron chi connectivity index (χ3n) is 2.57. The van der Waals surface area contributed by atoms with E-state index in [2.05, 4.69) is 15.9 Å². The zero-order valence-electron chi connectivity index (χ0n) is 9.99. The van der Waals surface area contributed by atoms with Gasteiger partial charge in [-0.15, -0.1) is 11.3 Å². The number of carbonyl (C=O) groups is 1. The van der Waals surface area contributed by atoms with Crippen molar-refractivity contribution in [1.82, 2.24) is 4.90 Å². The summed E-state index contributed by atoms with van der Waals surface area (Å²) in [5.74, 6) is -0.129. The number of halogens is 3. The average molecular weight is 379 g/mol. The fourth-order valence-corrected chi connectivity index (χ4v) is 3.34. The van der Waals surface area contributed by atoms with E-state index in [0.29, 0.717) is 20.8 Å². The van der Waals surface area contributed by atoms with Crippen LogP contribution in [0.3, 0.4) is 0 Å². The predicted molar refractivity (Wildman–Crippen MR) is 84.3 cm³/mol. The number of thiophene rings is 1. The third kappa shape index (κ3) is 3.72. The van der Waals surface area contributed by atoms with Crippen LogP contribution in [0.25, 0.3) is 0 Å². The largest absolute Gasteiger partial charge is 0.337 e. The quantitative estimate of drug-likeness (QED) is 0.728. The van der Waals surface area contributed by atoms with E-state index in [1.807, 2.05) is 24.3 Å². The molecule has 1 aromatic carbocycles. The summed E-state index contributed by atoms with van der Waals surface area (Å²) in [6.45, 7) is 0.524. The highest BCUT2D eigenvalue weighted by Gasteiger charge is 2.18. The molecule has 0 saturated carbocycles. The molecule has 0 saturated heterocycles. The summed E-state index contributed by atoms with van der Waals surface area (Å²) in [5.41, 5.74) is 1.51. The lowest BCUT2D eigenvalue weighted by Gasteiger charge is -2.16. The smallest absolute Gasteiger partial charge is 0.256 e. The molecule has 1 amide bonds. The fraction of sp³-hybridized carbons (Fsp3) is 0.154. The molecule has 0 spiro atoms. The number of carbonyl (C=O) groups excluding carboxylic acids is 1. The molecule has 0 unspecified atom stereocenters. The number of amides is 1. The van der Waals surface area contributed by atoms with Crippen molar-refractivity contribution >= 4 is 56.4 Å². The van der Waals surface area contributed by atoms with Crippen molar-refractivity contribution in [2.75, 3.05) is 7.05 Å². The Labute approximate surface area is 134 Å². The van der Waals surface area contributed by atoms with Crippen LogP contribution in [0.2, 0.25) is 8.67 Å². The van der Waals surface area contributed by atoms with Gasteiger partial charge in [-0.25, -0.2) is 0 Å². The van der Waals surface area contributed by atoms with Crippen molar-refractivity contribution in [3.63, 3.8) is 0 Å². The van der Waals surface area contributed by atoms with Crippen molar-refractivity contribution in [2.45, 2.75) is 6.54 Å². The first-order valence-electron chi connectivity index (χ1n) is 5.42. The van der Waals surface area contributed by atoms with E-state index in [1.165, 1.54) is 11.3 Å². The molecule has 2 nitrogen and oxygen atoms in total. The van der Waals surface area contributed by atoms with Crippen LogP contribution < -0.4 is 0 Å². The number of rotatable bonds is 3. The lowest BCUT2D eigenvalue weighted by atomic mass is 10.2. The lowest BCUT2D eigenvalue weighted by Crippen LogP contribution is -2.25. The summed E-state index contributed by atoms with van der Waals surface area (Å²) < 4.78 is 1.96. The molecule has 1 heterocycles. The van der Waals surface area contributed by atoms with Gasteiger partial charge in [-0.1, -0.05) is 51.3 Å². The Bertz CT molecular complexity index is 597. The van der Waals surface area contributed by atoms with E-state index in [-0.39, 0.29) is 5.91 Å². The van der Waals surface area contributed by atoms with Gasteiger partial charge in [0.2, 0.25) is 0 Å². The summed E-state index contributed by atoms with van der Waals surface area (Å²) in [7, 11) is 1.74. The second-order valence-electron chi connectivity index (χ2n) is 4.03. The SMILES string of the molecule is CN(Cc1ccc(Br)cc1)C(=O)c1cc(Cl)sc1Cl. The molecule has 2 rings (SSSR count). The van der Waals surface area contributed by atoms with Crippen LogP contribution in [0.5, 0.6) is 0 Å². The maximum atomic E-state index is 12.2. The van der Waals surface area contributed by atoms with Gasteiger partial charge >= 0.3 is 0 Å². The molecule has 0 bridgehead atoms. The minimum atomic E-state index is -0.129. The summed E-state index contributed by atoms with van der Waals surface area (Å²) in [6.07, 6.45) is 0. The summed E-state index contributed by atoms with van der Waals surface area (Å²) >= 11 is 16.4. The average Bonchev–Trinajstić information content (AvgIpc) is 2.70. The monoisotopic (exact) mass is 377 g/mol. The molecule has 0 aliphatic heterocycles. The molecule has 19 heavy (non-hydrogen) atoms. The lowest BCUT2D eigenvalue weighted by molar-refractivity contribution is 0.0786. The Kier molecular flexibility index (Phi) is 4.90. The molecule has 6 heteroatoms. The van der Waals surface area contributed by atoms with Crippen molar-refractivity contribution in [3.8, 4) is 0 Å². The van der Waals surface area contributed by atoms with E-state index >= 15 is 0 Å². The minimum Gasteiger partial charge on any atom is -0.337 e. The topological polar surface area (TPSA) is 20.3 Å². The zero-order valence-corrected chi connectivity index (χ0v) is 13.9. The molecule has 0 fully saturated rings. The van der Waals surface area contributed by atoms with Gasteiger partial charge in [-0.2, -0.15) is 0 Å². The molecule has 1 aromatic heterocycles. The first kappa shape index (κ1) is 14.9. The second kappa shape index (κ2) is 6.27. The van der Waals surface area contributed by atoms with E-state index in [0.717, 1.165) is 10.0 Å². The minimum absolute atomic E-state index is 0.129. The van der Waals surface area contributed by atoms with Crippen LogP contribution in [0.1, 0.15) is 15.9 Å². The number of nitrogens with zero attached hydrogens (tertiary/aromatic N) is 1. The van der Waals surface area contributed by atoms with E-state index in [1.54, 1.807) is 18.0 Å². The Morgan fingerprint density at radius 1 is 1.32 bits per heavy atom. The maximum absolute atomic E-state index is 12.2. The molecule has 0 N–H and O–H groups in total. The van der Waals surface area contributed by atoms with Crippen molar-refractivity contribution < 1.29 is 4.79 Å². The van der Waals surface area contributed by atoms with Crippen molar-refractivity contribution in [3.05, 3.63) is 54.6 Å². The van der Waals surface area contributed by atoms with Gasteiger partial charge in [-0.05, 0) is 23.8 Å². The predicted octanol–water partition coefficient (Wildman–Crippen LogP) is 5.09. The first-order chi connectivity index (χ1) is 8.97. The van der Waals surface area contributed by atoms with Gasteiger partial charge in [0.15, 0.2) is 0 Å². The Morgan fingerprint density at radius 2 is 1.95 bits per heavy atom. The van der Waals surface area contributed by atoms with E-state index < -0.39 is 0 Å². The third-order valence-corrected chi connectivity index (χ3v) is 4.58. The van der Waals surface area contributed by atoms with Gasteiger partial charge in [0.05, 0.1) is 9.90 Å². The molecule has 0 aliphatic rings. The molecular weight excluding hydrogens is 369 g/mol. The molecule has 2 aromatic rings. The normalized spacial score (nSPS) is 10.5. The van der Waals surface area contributed by atoms with Crippen LogP contribution in [-0.4, -0.2) is 17.9 Å². The maximum Gasteiger partial charge on any atom is 0.256 e. The number of hydrogen-bond donors (Lipinski definition) is 0. The van der Waals surface area contributed by atoms with Gasteiger partial charge in [0.1, 0.15) is 4.34 Å². The van der Waals surface area contributed by atoms with Gasteiger partial charge < -0.3 is 4.90 Å². The Hall–Kier alpha value is -0.550. The van der Waals surface area contributed by atoms with Crippen LogP contribution >= 0.6 is 50.5 Å². The van der Waals surface area contributed by atoms with E-state index in [9.17, 15) is 4.79 Å². The zero-order chi connectivity index (χ0) is 14.0. The van der Waals surface area contributed by atoms with E-state index in [4.69, 9.17) is 23.2 Å². The first-order valence-corrected chi connectivity index (χ1v) is 7.78. The number of benzene rings is 1. The molecular formula is C13H10BrCl2NOS. The highest BCUT2D eigenvalue weighted by molar-refractivity contribution is 9.10. The molecule has 0 radical (unpaired) electrons. The molecule has 0 atom stereocenters. The summed E-state index contributed by atoms with van der Waals surface area (Å²) in [6, 6.07) is 9.44. The van der Waals surface area contributed by atoms with Gasteiger partial charge in [-0.3, -0.25) is 4.79 Å². The van der Waals surface area contributed by atoms with Crippen LogP contribution in [0.15, 0.2) is 34.8 Å². The van der Waals surface area contributed by atoms with Crippen LogP contribution in [0.4, 0.5) is 0 Å². The highest BCUT2D eigenvalue weighted by atomic mass is 79.9. The molecule has 100 valence electrons. The summed E-state index contributed by atoms with van der Waals surface area (Å²) in [5, 5.41) is 0. The Balaban J connectivity index is 2.11. The summed E-state index contributed by atoms with van der Waals surface area (Å²) in [4.78, 5) is 13.8. The fourth-order valence-electron chi connectivity index (χ4n) is 1.63. The van der Waals surface area contributed by atoms with Gasteiger partial charge in [0, 0.05) is 18.1 Å². The Morgan fingerprint density at radius 3 is 2.47 bits per heavy atom. The van der Waals surface area contributed by atoms with Crippen LogP contribution in [0, 0.1) is 0 Å². The standard InChI is InChI=1S/C13H10BrCl2NOS/c1-17(7-8-2-4-9(14)5-3-8)13(18)10-6-11(15)19-12(10)16/h2-6H,7H2,1H3. The van der Waals surface area contributed by atoms with Crippen LogP contribution in [-0.2, 0) is 6.54 Å². The van der Waals surface area contributed by atoms with Crippen molar-refractivity contribution in [1.29, 1.82) is 0 Å². The highest BCUT2D eigenvalue weighted by Crippen LogP contribution is 2.32. The second-order valence-corrected chi connectivity index (χ2v) is 7.23.